The molecule has 4 aromatic rings. The van der Waals surface area contributed by atoms with E-state index in [4.69, 9.17) is 0 Å². The molecule has 1 aromatic carbocycles. The van der Waals surface area contributed by atoms with Crippen molar-refractivity contribution in [1.29, 1.82) is 0 Å². The van der Waals surface area contributed by atoms with E-state index >= 15 is 0 Å². The molecule has 0 saturated carbocycles. The molecule has 3 aromatic heterocycles. The first-order chi connectivity index (χ1) is 14.0. The zero-order chi connectivity index (χ0) is 20.4. The normalized spacial score (nSPS) is 12.1. The maximum atomic E-state index is 13.2. The van der Waals surface area contributed by atoms with Gasteiger partial charge < -0.3 is 5.32 Å². The Morgan fingerprint density at radius 3 is 2.72 bits per heavy atom. The highest BCUT2D eigenvalue weighted by atomic mass is 32.1. The van der Waals surface area contributed by atoms with Gasteiger partial charge in [-0.1, -0.05) is 18.2 Å². The standard InChI is InChI=1S/C21H17FN4O2S/c1-13(17-4-2-3-9-23-17)25-18(27)10-26-12-24-20-19(21(26)28)16(11-29-20)14-5-7-15(22)8-6-14/h2-9,11-13H,10H2,1H3,(H,25,27)/t13-/m1/s1. The average molecular weight is 408 g/mol. The van der Waals surface area contributed by atoms with Gasteiger partial charge in [0.2, 0.25) is 5.91 Å². The number of pyridine rings is 1. The lowest BCUT2D eigenvalue weighted by atomic mass is 10.1. The number of carbonyl (C=O) groups excluding carboxylic acids is 1. The second kappa shape index (κ2) is 7.92. The number of halogens is 1. The van der Waals surface area contributed by atoms with Gasteiger partial charge in [-0.05, 0) is 36.8 Å². The summed E-state index contributed by atoms with van der Waals surface area (Å²) in [5.74, 6) is -0.660. The molecule has 1 amide bonds. The molecule has 29 heavy (non-hydrogen) atoms. The number of hydrogen-bond donors (Lipinski definition) is 1. The fourth-order valence-corrected chi connectivity index (χ4v) is 3.98. The van der Waals surface area contributed by atoms with Gasteiger partial charge in [0.1, 0.15) is 17.2 Å². The predicted octanol–water partition coefficient (Wildman–Crippen LogP) is 3.54. The predicted molar refractivity (Wildman–Crippen MR) is 110 cm³/mol. The Morgan fingerprint density at radius 1 is 1.21 bits per heavy atom. The fraction of sp³-hybridized carbons (Fsp3) is 0.143. The molecule has 6 nitrogen and oxygen atoms in total. The molecule has 0 aliphatic carbocycles. The Labute approximate surface area is 169 Å². The topological polar surface area (TPSA) is 76.9 Å². The molecule has 146 valence electrons. The molecule has 3 heterocycles. The Hall–Kier alpha value is -3.39. The number of rotatable bonds is 5. The van der Waals surface area contributed by atoms with Crippen LogP contribution in [0, 0.1) is 5.82 Å². The van der Waals surface area contributed by atoms with E-state index in [9.17, 15) is 14.0 Å². The lowest BCUT2D eigenvalue weighted by Gasteiger charge is -2.14. The summed E-state index contributed by atoms with van der Waals surface area (Å²) in [6.07, 6.45) is 3.04. The molecular weight excluding hydrogens is 391 g/mol. The van der Waals surface area contributed by atoms with Crippen LogP contribution in [0.4, 0.5) is 4.39 Å². The van der Waals surface area contributed by atoms with Crippen LogP contribution in [-0.4, -0.2) is 20.4 Å². The highest BCUT2D eigenvalue weighted by Gasteiger charge is 2.16. The summed E-state index contributed by atoms with van der Waals surface area (Å²) in [7, 11) is 0. The fourth-order valence-electron chi connectivity index (χ4n) is 3.07. The summed E-state index contributed by atoms with van der Waals surface area (Å²) >= 11 is 1.34. The zero-order valence-corrected chi connectivity index (χ0v) is 16.3. The van der Waals surface area contributed by atoms with Gasteiger partial charge in [-0.15, -0.1) is 11.3 Å². The molecule has 8 heteroatoms. The maximum Gasteiger partial charge on any atom is 0.263 e. The largest absolute Gasteiger partial charge is 0.346 e. The minimum Gasteiger partial charge on any atom is -0.346 e. The first kappa shape index (κ1) is 18.9. The van der Waals surface area contributed by atoms with Crippen LogP contribution in [-0.2, 0) is 11.3 Å². The lowest BCUT2D eigenvalue weighted by molar-refractivity contribution is -0.122. The van der Waals surface area contributed by atoms with Crippen LogP contribution >= 0.6 is 11.3 Å². The maximum absolute atomic E-state index is 13.2. The summed E-state index contributed by atoms with van der Waals surface area (Å²) in [6.45, 7) is 1.67. The van der Waals surface area contributed by atoms with E-state index in [1.54, 1.807) is 24.4 Å². The molecule has 0 bridgehead atoms. The van der Waals surface area contributed by atoms with E-state index in [1.165, 1.54) is 34.4 Å². The van der Waals surface area contributed by atoms with Crippen molar-refractivity contribution in [2.24, 2.45) is 0 Å². The van der Waals surface area contributed by atoms with Crippen molar-refractivity contribution in [1.82, 2.24) is 19.9 Å². The van der Waals surface area contributed by atoms with Gasteiger partial charge in [-0.3, -0.25) is 19.1 Å². The van der Waals surface area contributed by atoms with E-state index in [1.807, 2.05) is 24.4 Å². The number of amides is 1. The third-order valence-electron chi connectivity index (χ3n) is 4.54. The summed E-state index contributed by atoms with van der Waals surface area (Å²) in [6, 6.07) is 11.1. The first-order valence-corrected chi connectivity index (χ1v) is 9.84. The van der Waals surface area contributed by atoms with E-state index in [2.05, 4.69) is 15.3 Å². The number of nitrogens with zero attached hydrogens (tertiary/aromatic N) is 3. The second-order valence-corrected chi connectivity index (χ2v) is 7.42. The molecule has 0 radical (unpaired) electrons. The number of nitrogens with one attached hydrogen (secondary N) is 1. The van der Waals surface area contributed by atoms with Crippen LogP contribution in [0.1, 0.15) is 18.7 Å². The summed E-state index contributed by atoms with van der Waals surface area (Å²) in [5, 5.41) is 5.08. The molecular formula is C21H17FN4O2S. The Bertz CT molecular complexity index is 1220. The molecule has 0 saturated heterocycles. The van der Waals surface area contributed by atoms with Gasteiger partial charge in [0.05, 0.1) is 23.4 Å². The number of carbonyl (C=O) groups is 1. The minimum atomic E-state index is -0.345. The SMILES string of the molecule is C[C@@H](NC(=O)Cn1cnc2scc(-c3ccc(F)cc3)c2c1=O)c1ccccn1. The monoisotopic (exact) mass is 408 g/mol. The summed E-state index contributed by atoms with van der Waals surface area (Å²) < 4.78 is 14.5. The van der Waals surface area contributed by atoms with Crippen molar-refractivity contribution in [3.8, 4) is 11.1 Å². The minimum absolute atomic E-state index is 0.155. The zero-order valence-electron chi connectivity index (χ0n) is 15.5. The van der Waals surface area contributed by atoms with Crippen molar-refractivity contribution in [3.05, 3.63) is 82.2 Å². The quantitative estimate of drug-likeness (QED) is 0.548. The third kappa shape index (κ3) is 3.93. The number of fused-ring (bicyclic) bond motifs is 1. The van der Waals surface area contributed by atoms with E-state index in [-0.39, 0.29) is 29.9 Å². The molecule has 1 atom stereocenters. The van der Waals surface area contributed by atoms with Gasteiger partial charge in [0.25, 0.3) is 5.56 Å². The number of hydrogen-bond acceptors (Lipinski definition) is 5. The van der Waals surface area contributed by atoms with Gasteiger partial charge in [-0.2, -0.15) is 0 Å². The Balaban J connectivity index is 1.60. The molecule has 0 aliphatic rings. The van der Waals surface area contributed by atoms with Gasteiger partial charge in [0, 0.05) is 17.1 Å². The van der Waals surface area contributed by atoms with Crippen LogP contribution in [0.15, 0.2) is 65.2 Å². The van der Waals surface area contributed by atoms with Gasteiger partial charge in [-0.25, -0.2) is 9.37 Å². The summed E-state index contributed by atoms with van der Waals surface area (Å²) in [5.41, 5.74) is 1.83. The first-order valence-electron chi connectivity index (χ1n) is 8.96. The van der Waals surface area contributed by atoms with Crippen molar-refractivity contribution in [2.75, 3.05) is 0 Å². The van der Waals surface area contributed by atoms with E-state index in [0.29, 0.717) is 15.8 Å². The molecule has 4 rings (SSSR count). The van der Waals surface area contributed by atoms with Crippen LogP contribution in [0.3, 0.4) is 0 Å². The molecule has 0 spiro atoms. The van der Waals surface area contributed by atoms with Crippen molar-refractivity contribution < 1.29 is 9.18 Å². The molecule has 0 fully saturated rings. The second-order valence-electron chi connectivity index (χ2n) is 6.56. The lowest BCUT2D eigenvalue weighted by Crippen LogP contribution is -2.34. The molecule has 0 aliphatic heterocycles. The van der Waals surface area contributed by atoms with Crippen molar-refractivity contribution in [3.63, 3.8) is 0 Å². The summed E-state index contributed by atoms with van der Waals surface area (Å²) in [4.78, 5) is 34.6. The van der Waals surface area contributed by atoms with Crippen molar-refractivity contribution >= 4 is 27.5 Å². The van der Waals surface area contributed by atoms with Gasteiger partial charge in [0.15, 0.2) is 0 Å². The van der Waals surface area contributed by atoms with Crippen LogP contribution in [0.2, 0.25) is 0 Å². The Morgan fingerprint density at radius 2 is 2.00 bits per heavy atom. The highest BCUT2D eigenvalue weighted by molar-refractivity contribution is 7.17. The smallest absolute Gasteiger partial charge is 0.263 e. The third-order valence-corrected chi connectivity index (χ3v) is 5.43. The average Bonchev–Trinajstić information content (AvgIpc) is 3.16. The highest BCUT2D eigenvalue weighted by Crippen LogP contribution is 2.30. The molecule has 0 unspecified atom stereocenters. The van der Waals surface area contributed by atoms with Crippen molar-refractivity contribution in [2.45, 2.75) is 19.5 Å². The van der Waals surface area contributed by atoms with Gasteiger partial charge >= 0.3 is 0 Å². The van der Waals surface area contributed by atoms with Crippen LogP contribution < -0.4 is 10.9 Å². The number of thiophene rings is 1. The number of aromatic nitrogens is 3. The van der Waals surface area contributed by atoms with Crippen LogP contribution in [0.25, 0.3) is 21.3 Å². The molecule has 1 N–H and O–H groups in total. The van der Waals surface area contributed by atoms with Crippen LogP contribution in [0.5, 0.6) is 0 Å². The number of benzene rings is 1. The Kier molecular flexibility index (Phi) is 5.18. The van der Waals surface area contributed by atoms with E-state index in [0.717, 1.165) is 11.3 Å². The van der Waals surface area contributed by atoms with E-state index < -0.39 is 0 Å².